The van der Waals surface area contributed by atoms with Crippen molar-refractivity contribution in [3.05, 3.63) is 63.5 Å². The van der Waals surface area contributed by atoms with E-state index in [2.05, 4.69) is 61.0 Å². The van der Waals surface area contributed by atoms with Crippen molar-refractivity contribution in [2.75, 3.05) is 12.5 Å². The molecule has 1 spiro atoms. The molecule has 0 radical (unpaired) electrons. The Kier molecular flexibility index (Phi) is 7.32. The van der Waals surface area contributed by atoms with E-state index in [1.165, 1.54) is 22.4 Å². The van der Waals surface area contributed by atoms with Crippen molar-refractivity contribution < 1.29 is 17.7 Å². The number of halogens is 2. The van der Waals surface area contributed by atoms with Crippen LogP contribution in [-0.2, 0) is 26.9 Å². The van der Waals surface area contributed by atoms with Crippen LogP contribution in [0.1, 0.15) is 145 Å². The topological polar surface area (TPSA) is 31.4 Å². The van der Waals surface area contributed by atoms with E-state index in [9.17, 15) is 8.78 Å². The highest BCUT2D eigenvalue weighted by molar-refractivity contribution is 8.29. The van der Waals surface area contributed by atoms with Gasteiger partial charge in [-0.3, -0.25) is 4.98 Å². The lowest BCUT2D eigenvalue weighted by molar-refractivity contribution is -0.0578. The molecule has 2 aliphatic carbocycles. The molecule has 5 rings (SSSR count). The Labute approximate surface area is 242 Å². The van der Waals surface area contributed by atoms with E-state index in [0.29, 0.717) is 0 Å². The van der Waals surface area contributed by atoms with Crippen LogP contribution in [0.4, 0.5) is 8.78 Å². The molecule has 0 bridgehead atoms. The summed E-state index contributed by atoms with van der Waals surface area (Å²) in [6.45, 7) is 16.9. The van der Waals surface area contributed by atoms with E-state index in [4.69, 9.17) is 13.9 Å². The van der Waals surface area contributed by atoms with Gasteiger partial charge in [-0.25, -0.2) is 8.78 Å². The van der Waals surface area contributed by atoms with E-state index in [1.807, 2.05) is 12.1 Å². The molecule has 3 aliphatic rings. The van der Waals surface area contributed by atoms with Gasteiger partial charge in [-0.2, -0.15) is 0 Å². The van der Waals surface area contributed by atoms with Crippen molar-refractivity contribution in [3.63, 3.8) is 0 Å². The summed E-state index contributed by atoms with van der Waals surface area (Å²) in [5.41, 5.74) is 6.66. The average Bonchev–Trinajstić information content (AvgIpc) is 3.41. The maximum absolute atomic E-state index is 14.1. The molecule has 1 fully saturated rings. The zero-order chi connectivity index (χ0) is 29.5. The van der Waals surface area contributed by atoms with Crippen LogP contribution in [0.25, 0.3) is 0 Å². The summed E-state index contributed by atoms with van der Waals surface area (Å²) in [5.74, 6) is -2.66. The normalized spacial score (nSPS) is 24.4. The Morgan fingerprint density at radius 3 is 2.12 bits per heavy atom. The minimum atomic E-state index is -2.87. The van der Waals surface area contributed by atoms with Gasteiger partial charge in [0.1, 0.15) is 6.10 Å². The van der Waals surface area contributed by atoms with Crippen molar-refractivity contribution in [2.24, 2.45) is 5.41 Å². The molecule has 0 N–H and O–H groups in total. The molecule has 6 heteroatoms. The third kappa shape index (κ3) is 5.15. The van der Waals surface area contributed by atoms with Crippen LogP contribution in [0.5, 0.6) is 0 Å². The van der Waals surface area contributed by atoms with Gasteiger partial charge in [0, 0.05) is 39.7 Å². The smallest absolute Gasteiger partial charge is 0.270 e. The maximum atomic E-state index is 14.1. The Morgan fingerprint density at radius 1 is 1.00 bits per heavy atom. The van der Waals surface area contributed by atoms with Crippen LogP contribution < -0.4 is 0 Å². The number of rotatable bonds is 5. The van der Waals surface area contributed by atoms with Gasteiger partial charge in [-0.15, -0.1) is 10.3 Å². The Morgan fingerprint density at radius 2 is 1.60 bits per heavy atom. The molecule has 0 amide bonds. The number of pyridine rings is 1. The van der Waals surface area contributed by atoms with Crippen LogP contribution >= 0.6 is 10.3 Å². The molecule has 2 aromatic rings. The van der Waals surface area contributed by atoms with Gasteiger partial charge in [-0.1, -0.05) is 85.6 Å². The predicted molar refractivity (Wildman–Crippen MR) is 163 cm³/mol. The number of nitrogens with zero attached hydrogens (tertiary/aromatic N) is 1. The van der Waals surface area contributed by atoms with Crippen molar-refractivity contribution >= 4 is 10.3 Å². The number of fused-ring (bicyclic) bond motifs is 4. The van der Waals surface area contributed by atoms with Gasteiger partial charge in [-0.05, 0) is 60.7 Å². The zero-order valence-corrected chi connectivity index (χ0v) is 27.0. The first-order chi connectivity index (χ1) is 18.4. The number of benzene rings is 1. The lowest BCUT2D eigenvalue weighted by Crippen LogP contribution is -2.35. The number of hydrogen-bond acceptors (Lipinski definition) is 3. The van der Waals surface area contributed by atoms with Gasteiger partial charge in [0.15, 0.2) is 0 Å². The first-order valence-electron chi connectivity index (χ1n) is 15.0. The molecule has 1 aliphatic heterocycles. The molecule has 3 nitrogen and oxygen atoms in total. The zero-order valence-electron chi connectivity index (χ0n) is 26.2. The summed E-state index contributed by atoms with van der Waals surface area (Å²) < 4.78 is 42.6. The predicted octanol–water partition coefficient (Wildman–Crippen LogP) is 10.0. The molecule has 1 saturated carbocycles. The molecular formula is C34H49F2NO2S. The second kappa shape index (κ2) is 9.77. The van der Waals surface area contributed by atoms with E-state index in [1.54, 1.807) is 12.1 Å². The first kappa shape index (κ1) is 30.0. The van der Waals surface area contributed by atoms with Crippen LogP contribution in [0.2, 0.25) is 0 Å². The summed E-state index contributed by atoms with van der Waals surface area (Å²) in [7, 11) is -1.39. The number of ether oxygens (including phenoxy) is 1. The summed E-state index contributed by atoms with van der Waals surface area (Å²) in [5, 5.41) is 0. The number of aromatic nitrogens is 1. The Bertz CT molecular complexity index is 1260. The lowest BCUT2D eigenvalue weighted by atomic mass is 9.70. The van der Waals surface area contributed by atoms with Gasteiger partial charge in [0.05, 0.1) is 11.7 Å². The second-order valence-electron chi connectivity index (χ2n) is 15.0. The van der Waals surface area contributed by atoms with E-state index < -0.39 is 16.2 Å². The first-order valence-corrected chi connectivity index (χ1v) is 17.4. The summed E-state index contributed by atoms with van der Waals surface area (Å²) in [4.78, 5) is 5.44. The van der Waals surface area contributed by atoms with Crippen LogP contribution in [0, 0.1) is 5.41 Å². The monoisotopic (exact) mass is 573 g/mol. The molecule has 2 atom stereocenters. The van der Waals surface area contributed by atoms with Crippen LogP contribution in [-0.4, -0.2) is 22.2 Å². The lowest BCUT2D eigenvalue weighted by Gasteiger charge is -2.49. The molecule has 1 aromatic carbocycles. The summed E-state index contributed by atoms with van der Waals surface area (Å²) >= 11 is 0. The molecule has 40 heavy (non-hydrogen) atoms. The average molecular weight is 574 g/mol. The Balaban J connectivity index is 1.75. The minimum Gasteiger partial charge on any atom is -0.358 e. The number of alkyl halides is 2. The van der Waals surface area contributed by atoms with Gasteiger partial charge < -0.3 is 8.92 Å². The van der Waals surface area contributed by atoms with Crippen LogP contribution in [0.15, 0.2) is 24.3 Å². The fraction of sp³-hybridized carbons (Fsp3) is 0.676. The highest BCUT2D eigenvalue weighted by Crippen LogP contribution is 2.63. The summed E-state index contributed by atoms with van der Waals surface area (Å²) in [6.07, 6.45) is 10.3. The van der Waals surface area contributed by atoms with Crippen molar-refractivity contribution in [1.29, 1.82) is 0 Å². The molecule has 2 heterocycles. The molecule has 1 aromatic heterocycles. The van der Waals surface area contributed by atoms with Gasteiger partial charge in [0.25, 0.3) is 5.92 Å². The summed E-state index contributed by atoms with van der Waals surface area (Å²) in [6, 6.07) is 6.79. The van der Waals surface area contributed by atoms with E-state index >= 15 is 0 Å². The number of hydrogen-bond donors (Lipinski definition) is 0. The maximum Gasteiger partial charge on any atom is 0.270 e. The minimum absolute atomic E-state index is 0.0285. The second-order valence-corrected chi connectivity index (χ2v) is 18.9. The molecule has 222 valence electrons. The van der Waals surface area contributed by atoms with Gasteiger partial charge >= 0.3 is 0 Å². The molecule has 0 saturated heterocycles. The van der Waals surface area contributed by atoms with Crippen LogP contribution in [0.3, 0.4) is 0 Å². The molecular weight excluding hydrogens is 524 g/mol. The SMILES string of the molecule is CC(C)c1nc2c(c3c1C(c1ccc(C(C)(F)F)cc1)OC31CCCC1)C(OS(C)(C)C(C)(C)C)CC(C)(C)C2. The quantitative estimate of drug-likeness (QED) is 0.357. The van der Waals surface area contributed by atoms with Crippen molar-refractivity contribution in [3.8, 4) is 0 Å². The highest BCUT2D eigenvalue weighted by Gasteiger charge is 2.53. The third-order valence-corrected chi connectivity index (χ3v) is 13.3. The molecule has 2 unspecified atom stereocenters. The largest absolute Gasteiger partial charge is 0.358 e. The fourth-order valence-corrected chi connectivity index (χ4v) is 7.88. The fourth-order valence-electron chi connectivity index (χ4n) is 6.85. The highest BCUT2D eigenvalue weighted by atomic mass is 32.3. The van der Waals surface area contributed by atoms with Gasteiger partial charge in [0.2, 0.25) is 0 Å². The van der Waals surface area contributed by atoms with Crippen molar-refractivity contribution in [2.45, 2.75) is 128 Å². The standard InChI is InChI=1S/C34H49F2NO2S/c1-21(2)29-27-28(26-24(37-29)19-32(6,7)20-25(26)39-40(9,10)31(3,4)5)34(17-11-12-18-34)38-30(27)22-13-15-23(16-14-22)33(8,35)36/h13-16,21,25,30H,11-12,17-20H2,1-10H3. The van der Waals surface area contributed by atoms with E-state index in [0.717, 1.165) is 56.7 Å². The van der Waals surface area contributed by atoms with E-state index in [-0.39, 0.29) is 39.5 Å². The Hall–Kier alpha value is -1.50. The van der Waals surface area contributed by atoms with Crippen molar-refractivity contribution in [1.82, 2.24) is 4.98 Å². The third-order valence-electron chi connectivity index (χ3n) is 9.66.